The summed E-state index contributed by atoms with van der Waals surface area (Å²) in [6.45, 7) is 2.09. The Morgan fingerprint density at radius 3 is 2.62 bits per heavy atom. The Morgan fingerprint density at radius 1 is 1.21 bits per heavy atom. The number of carbonyl (C=O) groups is 2. The standard InChI is InChI=1S/C19H24N2O3/c22-17-13-15(14-5-2-1-3-6-14)19(20-17)8-10-21(11-9-19)18(23)16-7-4-12-24-16/h1-3,5-6,15-16H,4,7-13H2,(H,20,22)/t15?,16-/m1/s1. The minimum atomic E-state index is -0.248. The highest BCUT2D eigenvalue weighted by Gasteiger charge is 2.49. The summed E-state index contributed by atoms with van der Waals surface area (Å²) in [4.78, 5) is 26.6. The number of carbonyl (C=O) groups excluding carboxylic acids is 2. The molecule has 2 amide bonds. The number of benzene rings is 1. The Kier molecular flexibility index (Phi) is 4.04. The van der Waals surface area contributed by atoms with Crippen LogP contribution in [0.25, 0.3) is 0 Å². The number of rotatable bonds is 2. The molecule has 3 heterocycles. The molecule has 3 aliphatic heterocycles. The highest BCUT2D eigenvalue weighted by atomic mass is 16.5. The highest BCUT2D eigenvalue weighted by Crippen LogP contribution is 2.43. The van der Waals surface area contributed by atoms with Gasteiger partial charge < -0.3 is 15.0 Å². The maximum atomic E-state index is 12.5. The smallest absolute Gasteiger partial charge is 0.251 e. The van der Waals surface area contributed by atoms with Gasteiger partial charge in [0, 0.05) is 32.0 Å². The largest absolute Gasteiger partial charge is 0.368 e. The lowest BCUT2D eigenvalue weighted by Crippen LogP contribution is -2.55. The third kappa shape index (κ3) is 2.71. The summed E-state index contributed by atoms with van der Waals surface area (Å²) in [6.07, 6.45) is 3.74. The van der Waals surface area contributed by atoms with Crippen molar-refractivity contribution < 1.29 is 14.3 Å². The average molecular weight is 328 g/mol. The van der Waals surface area contributed by atoms with Gasteiger partial charge in [-0.05, 0) is 31.2 Å². The first kappa shape index (κ1) is 15.6. The van der Waals surface area contributed by atoms with Gasteiger partial charge in [0.25, 0.3) is 5.91 Å². The first-order chi connectivity index (χ1) is 11.7. The zero-order chi connectivity index (χ0) is 16.6. The fourth-order valence-corrected chi connectivity index (χ4v) is 4.49. The van der Waals surface area contributed by atoms with Crippen molar-refractivity contribution in [3.8, 4) is 0 Å². The van der Waals surface area contributed by atoms with E-state index >= 15 is 0 Å². The van der Waals surface area contributed by atoms with E-state index in [2.05, 4.69) is 17.4 Å². The molecule has 3 saturated heterocycles. The van der Waals surface area contributed by atoms with Gasteiger partial charge in [-0.1, -0.05) is 30.3 Å². The normalized spacial score (nSPS) is 29.0. The summed E-state index contributed by atoms with van der Waals surface area (Å²) in [7, 11) is 0. The minimum absolute atomic E-state index is 0.128. The lowest BCUT2D eigenvalue weighted by atomic mass is 9.74. The van der Waals surface area contributed by atoms with Crippen molar-refractivity contribution >= 4 is 11.8 Å². The van der Waals surface area contributed by atoms with Crippen molar-refractivity contribution in [2.45, 2.75) is 49.7 Å². The van der Waals surface area contributed by atoms with Crippen LogP contribution in [0.1, 0.15) is 43.6 Å². The van der Waals surface area contributed by atoms with Gasteiger partial charge in [0.05, 0.1) is 5.54 Å². The van der Waals surface area contributed by atoms with E-state index in [4.69, 9.17) is 4.74 Å². The fourth-order valence-electron chi connectivity index (χ4n) is 4.49. The predicted octanol–water partition coefficient (Wildman–Crippen LogP) is 1.83. The van der Waals surface area contributed by atoms with Crippen molar-refractivity contribution in [2.24, 2.45) is 0 Å². The average Bonchev–Trinajstić information content (AvgIpc) is 3.24. The lowest BCUT2D eigenvalue weighted by molar-refractivity contribution is -0.142. The molecule has 1 unspecified atom stereocenters. The molecule has 0 aromatic heterocycles. The predicted molar refractivity (Wildman–Crippen MR) is 89.5 cm³/mol. The molecular formula is C19H24N2O3. The molecule has 0 aliphatic carbocycles. The van der Waals surface area contributed by atoms with E-state index in [1.807, 2.05) is 23.1 Å². The van der Waals surface area contributed by atoms with Gasteiger partial charge in [0.15, 0.2) is 0 Å². The van der Waals surface area contributed by atoms with Gasteiger partial charge in [0.1, 0.15) is 6.10 Å². The molecule has 0 saturated carbocycles. The molecule has 1 aromatic carbocycles. The summed E-state index contributed by atoms with van der Waals surface area (Å²) in [5.41, 5.74) is 1.01. The van der Waals surface area contributed by atoms with Crippen LogP contribution in [0.15, 0.2) is 30.3 Å². The summed E-state index contributed by atoms with van der Waals surface area (Å²) in [6, 6.07) is 10.3. The molecule has 2 atom stereocenters. The number of hydrogen-bond donors (Lipinski definition) is 1. The van der Waals surface area contributed by atoms with E-state index in [9.17, 15) is 9.59 Å². The topological polar surface area (TPSA) is 58.6 Å². The molecule has 0 bridgehead atoms. The maximum Gasteiger partial charge on any atom is 0.251 e. The third-order valence-corrected chi connectivity index (χ3v) is 5.82. The van der Waals surface area contributed by atoms with Gasteiger partial charge in [-0.15, -0.1) is 0 Å². The third-order valence-electron chi connectivity index (χ3n) is 5.82. The van der Waals surface area contributed by atoms with Crippen molar-refractivity contribution in [1.29, 1.82) is 0 Å². The van der Waals surface area contributed by atoms with E-state index in [1.54, 1.807) is 0 Å². The number of ether oxygens (including phenoxy) is 1. The zero-order valence-corrected chi connectivity index (χ0v) is 13.9. The first-order valence-corrected chi connectivity index (χ1v) is 8.94. The second-order valence-electron chi connectivity index (χ2n) is 7.20. The number of piperidine rings is 1. The highest BCUT2D eigenvalue weighted by molar-refractivity contribution is 5.83. The molecule has 5 nitrogen and oxygen atoms in total. The van der Waals surface area contributed by atoms with Crippen LogP contribution in [0.4, 0.5) is 0 Å². The second-order valence-corrected chi connectivity index (χ2v) is 7.20. The summed E-state index contributed by atoms with van der Waals surface area (Å²) in [5.74, 6) is 0.455. The van der Waals surface area contributed by atoms with E-state index in [0.717, 1.165) is 25.7 Å². The first-order valence-electron chi connectivity index (χ1n) is 8.94. The van der Waals surface area contributed by atoms with Crippen LogP contribution in [0.5, 0.6) is 0 Å². The molecule has 1 spiro atoms. The van der Waals surface area contributed by atoms with Gasteiger partial charge in [-0.2, -0.15) is 0 Å². The Bertz CT molecular complexity index is 617. The van der Waals surface area contributed by atoms with Crippen LogP contribution in [0.3, 0.4) is 0 Å². The number of amides is 2. The quantitative estimate of drug-likeness (QED) is 0.901. The molecule has 1 N–H and O–H groups in total. The molecule has 4 rings (SSSR count). The van der Waals surface area contributed by atoms with Crippen LogP contribution in [0, 0.1) is 0 Å². The molecule has 128 valence electrons. The van der Waals surface area contributed by atoms with Gasteiger partial charge in [-0.3, -0.25) is 9.59 Å². The monoisotopic (exact) mass is 328 g/mol. The SMILES string of the molecule is O=C1CC(c2ccccc2)C2(CCN(C(=O)[C@H]3CCCO3)CC2)N1. The van der Waals surface area contributed by atoms with Crippen molar-refractivity contribution in [1.82, 2.24) is 10.2 Å². The van der Waals surface area contributed by atoms with E-state index in [0.29, 0.717) is 26.1 Å². The Hall–Kier alpha value is -1.88. The van der Waals surface area contributed by atoms with Crippen LogP contribution < -0.4 is 5.32 Å². The van der Waals surface area contributed by atoms with Crippen LogP contribution in [-0.4, -0.2) is 48.1 Å². The summed E-state index contributed by atoms with van der Waals surface area (Å²) < 4.78 is 5.53. The Labute approximate surface area is 142 Å². The van der Waals surface area contributed by atoms with Crippen LogP contribution in [0.2, 0.25) is 0 Å². The number of nitrogens with zero attached hydrogens (tertiary/aromatic N) is 1. The molecule has 5 heteroatoms. The van der Waals surface area contributed by atoms with Crippen molar-refractivity contribution in [3.63, 3.8) is 0 Å². The van der Waals surface area contributed by atoms with Crippen molar-refractivity contribution in [2.75, 3.05) is 19.7 Å². The number of nitrogens with one attached hydrogen (secondary N) is 1. The second kappa shape index (κ2) is 6.20. The molecule has 3 aliphatic rings. The number of hydrogen-bond acceptors (Lipinski definition) is 3. The molecular weight excluding hydrogens is 304 g/mol. The summed E-state index contributed by atoms with van der Waals surface area (Å²) >= 11 is 0. The Morgan fingerprint density at radius 2 is 1.96 bits per heavy atom. The van der Waals surface area contributed by atoms with E-state index in [1.165, 1.54) is 5.56 Å². The van der Waals surface area contributed by atoms with Crippen LogP contribution in [-0.2, 0) is 14.3 Å². The maximum absolute atomic E-state index is 12.5. The van der Waals surface area contributed by atoms with Gasteiger partial charge >= 0.3 is 0 Å². The van der Waals surface area contributed by atoms with Crippen molar-refractivity contribution in [3.05, 3.63) is 35.9 Å². The Balaban J connectivity index is 1.48. The fraction of sp³-hybridized carbons (Fsp3) is 0.579. The molecule has 1 aromatic rings. The zero-order valence-electron chi connectivity index (χ0n) is 13.9. The lowest BCUT2D eigenvalue weighted by Gasteiger charge is -2.43. The van der Waals surface area contributed by atoms with E-state index in [-0.39, 0.29) is 29.4 Å². The molecule has 3 fully saturated rings. The minimum Gasteiger partial charge on any atom is -0.368 e. The number of likely N-dealkylation sites (tertiary alicyclic amines) is 1. The molecule has 0 radical (unpaired) electrons. The summed E-state index contributed by atoms with van der Waals surface area (Å²) in [5, 5.41) is 3.24. The van der Waals surface area contributed by atoms with Gasteiger partial charge in [0.2, 0.25) is 5.91 Å². The van der Waals surface area contributed by atoms with Crippen LogP contribution >= 0.6 is 0 Å². The van der Waals surface area contributed by atoms with E-state index < -0.39 is 0 Å². The molecule has 24 heavy (non-hydrogen) atoms. The van der Waals surface area contributed by atoms with Gasteiger partial charge in [-0.25, -0.2) is 0 Å².